The van der Waals surface area contributed by atoms with E-state index in [9.17, 15) is 19.5 Å². The lowest BCUT2D eigenvalue weighted by Gasteiger charge is -2.36. The Morgan fingerprint density at radius 3 is 2.58 bits per heavy atom. The number of allylic oxidation sites excluding steroid dienone is 4. The molecule has 0 spiro atoms. The van der Waals surface area contributed by atoms with Crippen molar-refractivity contribution in [3.63, 3.8) is 0 Å². The van der Waals surface area contributed by atoms with Gasteiger partial charge in [0.05, 0.1) is 31.0 Å². The molecule has 0 bridgehead atoms. The maximum Gasteiger partial charge on any atom is 0.343 e. The summed E-state index contributed by atoms with van der Waals surface area (Å²) in [4.78, 5) is 41.4. The van der Waals surface area contributed by atoms with E-state index in [1.54, 1.807) is 12.3 Å². The smallest absolute Gasteiger partial charge is 0.343 e. The molecule has 3 rings (SSSR count). The van der Waals surface area contributed by atoms with Crippen LogP contribution in [0.2, 0.25) is 0 Å². The predicted octanol–water partition coefficient (Wildman–Crippen LogP) is 2.95. The number of hydrogen-bond acceptors (Lipinski definition) is 8. The number of rotatable bonds is 11. The van der Waals surface area contributed by atoms with Gasteiger partial charge in [-0.25, -0.2) is 4.79 Å². The van der Waals surface area contributed by atoms with Crippen molar-refractivity contribution in [3.05, 3.63) is 57.4 Å². The molecule has 2 N–H and O–H groups in total. The number of halogens is 1. The number of hydrogen-bond donors (Lipinski definition) is 2. The van der Waals surface area contributed by atoms with Crippen LogP contribution in [0.1, 0.15) is 41.0 Å². The average molecular weight is 520 g/mol. The van der Waals surface area contributed by atoms with Crippen molar-refractivity contribution < 1.29 is 34.1 Å². The Morgan fingerprint density at radius 1 is 1.28 bits per heavy atom. The van der Waals surface area contributed by atoms with Gasteiger partial charge in [-0.15, -0.1) is 0 Å². The van der Waals surface area contributed by atoms with Gasteiger partial charge in [-0.1, -0.05) is 44.9 Å². The number of aliphatic hydroxyl groups is 2. The third kappa shape index (κ3) is 5.13. The standard InChI is InChI=1S/C27H34ClNO7/c1-6-15(2)7-8-18-13-19-20(14-29(18)9-11-35-12-10-30)22-21(24(32)16(3)17(4)31)26(34)36-27(22,5)25(33)23(19)28/h7-8,13-17,30-31H,6,9-12H2,1-5H3. The van der Waals surface area contributed by atoms with Crippen molar-refractivity contribution >= 4 is 29.1 Å². The summed E-state index contributed by atoms with van der Waals surface area (Å²) in [5.41, 5.74) is -0.223. The first kappa shape index (κ1) is 28.1. The van der Waals surface area contributed by atoms with Crippen LogP contribution in [0.5, 0.6) is 0 Å². The molecule has 8 nitrogen and oxygen atoms in total. The molecule has 36 heavy (non-hydrogen) atoms. The summed E-state index contributed by atoms with van der Waals surface area (Å²) in [7, 11) is 0. The Hall–Kier alpha value is -2.52. The first-order valence-corrected chi connectivity index (χ1v) is 12.6. The lowest BCUT2D eigenvalue weighted by molar-refractivity contribution is -0.153. The molecule has 3 aliphatic rings. The topological polar surface area (TPSA) is 113 Å². The number of ether oxygens (including phenoxy) is 2. The summed E-state index contributed by atoms with van der Waals surface area (Å²) in [6.45, 7) is 9.41. The number of esters is 1. The molecule has 9 heteroatoms. The molecule has 196 valence electrons. The van der Waals surface area contributed by atoms with E-state index in [4.69, 9.17) is 26.2 Å². The van der Waals surface area contributed by atoms with Crippen LogP contribution in [0.3, 0.4) is 0 Å². The first-order valence-electron chi connectivity index (χ1n) is 12.2. The summed E-state index contributed by atoms with van der Waals surface area (Å²) in [6, 6.07) is 0. The van der Waals surface area contributed by atoms with E-state index in [1.807, 2.05) is 11.0 Å². The molecule has 2 heterocycles. The quantitative estimate of drug-likeness (QED) is 0.243. The zero-order valence-electron chi connectivity index (χ0n) is 21.3. The maximum atomic E-state index is 13.4. The van der Waals surface area contributed by atoms with Crippen molar-refractivity contribution in [2.75, 3.05) is 26.4 Å². The van der Waals surface area contributed by atoms with Gasteiger partial charge in [-0.2, -0.15) is 0 Å². The van der Waals surface area contributed by atoms with Gasteiger partial charge < -0.3 is 24.6 Å². The van der Waals surface area contributed by atoms with Gasteiger partial charge >= 0.3 is 5.97 Å². The average Bonchev–Trinajstić information content (AvgIpc) is 3.13. The first-order chi connectivity index (χ1) is 17.0. The lowest BCUT2D eigenvalue weighted by Crippen LogP contribution is -2.43. The highest BCUT2D eigenvalue weighted by Gasteiger charge is 2.57. The Morgan fingerprint density at radius 2 is 1.97 bits per heavy atom. The Kier molecular flexibility index (Phi) is 8.77. The van der Waals surface area contributed by atoms with Gasteiger partial charge in [0.25, 0.3) is 0 Å². The number of carbonyl (C=O) groups is 3. The highest BCUT2D eigenvalue weighted by Crippen LogP contribution is 2.50. The Labute approximate surface area is 216 Å². The van der Waals surface area contributed by atoms with Crippen LogP contribution in [-0.4, -0.2) is 70.7 Å². The molecule has 4 atom stereocenters. The van der Waals surface area contributed by atoms with Crippen LogP contribution < -0.4 is 0 Å². The molecular formula is C27H34ClNO7. The maximum absolute atomic E-state index is 13.4. The van der Waals surface area contributed by atoms with E-state index in [0.29, 0.717) is 30.2 Å². The molecule has 0 radical (unpaired) electrons. The van der Waals surface area contributed by atoms with E-state index in [0.717, 1.165) is 12.1 Å². The molecule has 0 amide bonds. The van der Waals surface area contributed by atoms with Crippen molar-refractivity contribution in [2.45, 2.75) is 52.7 Å². The van der Waals surface area contributed by atoms with Crippen LogP contribution >= 0.6 is 11.6 Å². The van der Waals surface area contributed by atoms with Crippen LogP contribution in [0.4, 0.5) is 0 Å². The normalized spacial score (nSPS) is 24.4. The largest absolute Gasteiger partial charge is 0.442 e. The molecular weight excluding hydrogens is 486 g/mol. The van der Waals surface area contributed by atoms with Gasteiger partial charge in [-0.3, -0.25) is 9.59 Å². The van der Waals surface area contributed by atoms with E-state index in [2.05, 4.69) is 19.9 Å². The molecule has 0 aromatic rings. The number of carbonyl (C=O) groups excluding carboxylic acids is 3. The van der Waals surface area contributed by atoms with E-state index in [-0.39, 0.29) is 29.4 Å². The fourth-order valence-electron chi connectivity index (χ4n) is 4.24. The summed E-state index contributed by atoms with van der Waals surface area (Å²) in [6.07, 6.45) is 7.45. The molecule has 0 saturated heterocycles. The number of ketones is 2. The van der Waals surface area contributed by atoms with E-state index < -0.39 is 35.2 Å². The number of fused-ring (bicyclic) bond motifs is 3. The Bertz CT molecular complexity index is 1100. The number of nitrogens with zero attached hydrogens (tertiary/aromatic N) is 1. The zero-order chi connectivity index (χ0) is 26.8. The summed E-state index contributed by atoms with van der Waals surface area (Å²) in [5.74, 6) is -2.66. The second-order valence-electron chi connectivity index (χ2n) is 9.51. The lowest BCUT2D eigenvalue weighted by atomic mass is 9.74. The minimum Gasteiger partial charge on any atom is -0.442 e. The SMILES string of the molecule is CCC(C)C=CC1=CC2=C(Cl)C(=O)C3(C)OC(=O)C(C(=O)C(C)C(C)O)=C3C2=CN1CCOCCO. The van der Waals surface area contributed by atoms with Crippen molar-refractivity contribution in [3.8, 4) is 0 Å². The molecule has 4 unspecified atom stereocenters. The molecule has 1 aliphatic carbocycles. The summed E-state index contributed by atoms with van der Waals surface area (Å²) >= 11 is 6.54. The summed E-state index contributed by atoms with van der Waals surface area (Å²) < 4.78 is 10.9. The minimum atomic E-state index is -1.75. The van der Waals surface area contributed by atoms with Gasteiger partial charge in [0.1, 0.15) is 5.57 Å². The molecule has 0 aromatic carbocycles. The fourth-order valence-corrected chi connectivity index (χ4v) is 4.57. The number of aliphatic hydroxyl groups excluding tert-OH is 2. The molecule has 0 saturated carbocycles. The predicted molar refractivity (Wildman–Crippen MR) is 135 cm³/mol. The minimum absolute atomic E-state index is 0.0804. The van der Waals surface area contributed by atoms with Gasteiger partial charge in [0.15, 0.2) is 11.4 Å². The number of Topliss-reactive ketones (excluding diaryl/α,β-unsaturated/α-hetero) is 2. The fraction of sp³-hybridized carbons (Fsp3) is 0.519. The van der Waals surface area contributed by atoms with E-state index >= 15 is 0 Å². The third-order valence-corrected chi connectivity index (χ3v) is 7.28. The molecule has 0 aromatic heterocycles. The van der Waals surface area contributed by atoms with Crippen LogP contribution in [0.15, 0.2) is 57.4 Å². The zero-order valence-corrected chi connectivity index (χ0v) is 22.1. The highest BCUT2D eigenvalue weighted by molar-refractivity contribution is 6.46. The van der Waals surface area contributed by atoms with Gasteiger partial charge in [0.2, 0.25) is 5.78 Å². The molecule has 2 aliphatic heterocycles. The van der Waals surface area contributed by atoms with Gasteiger partial charge in [-0.05, 0) is 31.9 Å². The van der Waals surface area contributed by atoms with E-state index in [1.165, 1.54) is 20.8 Å². The van der Waals surface area contributed by atoms with Crippen molar-refractivity contribution in [2.24, 2.45) is 11.8 Å². The molecule has 0 fully saturated rings. The third-order valence-electron chi connectivity index (χ3n) is 6.90. The second-order valence-corrected chi connectivity index (χ2v) is 9.89. The van der Waals surface area contributed by atoms with Crippen LogP contribution in [0, 0.1) is 11.8 Å². The van der Waals surface area contributed by atoms with Crippen LogP contribution in [-0.2, 0) is 23.9 Å². The van der Waals surface area contributed by atoms with Crippen molar-refractivity contribution in [1.82, 2.24) is 4.90 Å². The summed E-state index contributed by atoms with van der Waals surface area (Å²) in [5, 5.41) is 19.0. The van der Waals surface area contributed by atoms with Crippen LogP contribution in [0.25, 0.3) is 0 Å². The highest BCUT2D eigenvalue weighted by atomic mass is 35.5. The van der Waals surface area contributed by atoms with Gasteiger partial charge in [0, 0.05) is 41.1 Å². The second kappa shape index (κ2) is 11.3. The Balaban J connectivity index is 2.19. The monoisotopic (exact) mass is 519 g/mol. The van der Waals surface area contributed by atoms with Crippen molar-refractivity contribution in [1.29, 1.82) is 0 Å².